The van der Waals surface area contributed by atoms with E-state index in [1.807, 2.05) is 0 Å². The zero-order chi connectivity index (χ0) is 7.14. The highest BCUT2D eigenvalue weighted by Crippen LogP contribution is 2.23. The molecule has 0 spiro atoms. The largest absolute Gasteiger partial charge is 0.308 e. The summed E-state index contributed by atoms with van der Waals surface area (Å²) in [6.45, 7) is 3.57. The minimum absolute atomic E-state index is 0.749. The maximum absolute atomic E-state index is 3.63. The molecular weight excluding hydrogens is 124 g/mol. The average molecular weight is 140 g/mol. The van der Waals surface area contributed by atoms with Crippen LogP contribution >= 0.6 is 0 Å². The Bertz CT molecular complexity index is 135. The third kappa shape index (κ3) is 0.867. The van der Waals surface area contributed by atoms with Gasteiger partial charge in [0.15, 0.2) is 0 Å². The van der Waals surface area contributed by atoms with Gasteiger partial charge in [0.2, 0.25) is 0 Å². The van der Waals surface area contributed by atoms with Crippen LogP contribution in [0.3, 0.4) is 0 Å². The van der Waals surface area contributed by atoms with Gasteiger partial charge in [-0.15, -0.1) is 0 Å². The summed E-state index contributed by atoms with van der Waals surface area (Å²) in [6, 6.07) is 2.33. The van der Waals surface area contributed by atoms with Crippen LogP contribution in [0.15, 0.2) is 0 Å². The molecule has 2 nitrogen and oxygen atoms in total. The maximum Gasteiger partial charge on any atom is 0.0224 e. The van der Waals surface area contributed by atoms with E-state index in [9.17, 15) is 0 Å². The van der Waals surface area contributed by atoms with Crippen LogP contribution in [-0.2, 0) is 0 Å². The van der Waals surface area contributed by atoms with Crippen molar-refractivity contribution in [1.82, 2.24) is 10.2 Å². The summed E-state index contributed by atoms with van der Waals surface area (Å²) in [5.74, 6) is 0. The number of likely N-dealkylation sites (N-methyl/N-ethyl adjacent to an activating group) is 1. The van der Waals surface area contributed by atoms with Crippen LogP contribution in [0.1, 0.15) is 19.8 Å². The molecule has 0 aromatic carbocycles. The van der Waals surface area contributed by atoms with E-state index < -0.39 is 0 Å². The number of hydrogen-bond donors (Lipinski definition) is 1. The molecule has 3 atom stereocenters. The number of nitrogens with zero attached hydrogens (tertiary/aromatic N) is 1. The molecule has 0 aliphatic carbocycles. The Morgan fingerprint density at radius 2 is 2.20 bits per heavy atom. The fourth-order valence-corrected chi connectivity index (χ4v) is 2.20. The predicted molar refractivity (Wildman–Crippen MR) is 42.0 cm³/mol. The standard InChI is InChI=1S/C8H16N2/c1-6-8-4-3-7(9-8)5-10(6)2/h6-9H,3-5H2,1-2H3/t6?,7-,8+/m0/s1. The third-order valence-corrected chi connectivity index (χ3v) is 3.06. The molecule has 2 aliphatic rings. The van der Waals surface area contributed by atoms with E-state index in [-0.39, 0.29) is 0 Å². The van der Waals surface area contributed by atoms with E-state index in [1.165, 1.54) is 19.4 Å². The van der Waals surface area contributed by atoms with Gasteiger partial charge in [-0.3, -0.25) is 0 Å². The zero-order valence-corrected chi connectivity index (χ0v) is 6.80. The Balaban J connectivity index is 2.09. The monoisotopic (exact) mass is 140 g/mol. The second-order valence-electron chi connectivity index (χ2n) is 3.73. The van der Waals surface area contributed by atoms with Gasteiger partial charge in [0, 0.05) is 24.7 Å². The SMILES string of the molecule is CC1[C@H]2CC[C@@H](CN1C)N2. The molecule has 1 N–H and O–H groups in total. The highest BCUT2D eigenvalue weighted by Gasteiger charge is 2.35. The third-order valence-electron chi connectivity index (χ3n) is 3.06. The summed E-state index contributed by atoms with van der Waals surface area (Å²) in [5, 5.41) is 3.63. The van der Waals surface area contributed by atoms with Crippen LogP contribution in [0, 0.1) is 0 Å². The quantitative estimate of drug-likeness (QED) is 0.525. The minimum Gasteiger partial charge on any atom is -0.308 e. The second-order valence-corrected chi connectivity index (χ2v) is 3.73. The number of likely N-dealkylation sites (tertiary alicyclic amines) is 1. The molecule has 2 heteroatoms. The summed E-state index contributed by atoms with van der Waals surface area (Å²) >= 11 is 0. The molecule has 10 heavy (non-hydrogen) atoms. The Labute approximate surface area is 62.6 Å². The Morgan fingerprint density at radius 3 is 3.00 bits per heavy atom. The molecule has 1 unspecified atom stereocenters. The molecule has 0 radical (unpaired) electrons. The molecule has 2 saturated heterocycles. The molecule has 2 heterocycles. The molecule has 2 rings (SSSR count). The molecule has 0 aromatic heterocycles. The smallest absolute Gasteiger partial charge is 0.0224 e. The van der Waals surface area contributed by atoms with Crippen molar-refractivity contribution in [2.45, 2.75) is 37.9 Å². The van der Waals surface area contributed by atoms with Crippen molar-refractivity contribution in [3.63, 3.8) is 0 Å². The molecule has 2 aliphatic heterocycles. The van der Waals surface area contributed by atoms with Crippen molar-refractivity contribution in [3.05, 3.63) is 0 Å². The molecule has 0 amide bonds. The first-order valence-electron chi connectivity index (χ1n) is 4.23. The number of rotatable bonds is 0. The van der Waals surface area contributed by atoms with Crippen LogP contribution in [0.4, 0.5) is 0 Å². The summed E-state index contributed by atoms with van der Waals surface area (Å²) in [4.78, 5) is 2.47. The lowest BCUT2D eigenvalue weighted by molar-refractivity contribution is 0.165. The van der Waals surface area contributed by atoms with Crippen LogP contribution in [0.5, 0.6) is 0 Å². The summed E-state index contributed by atoms with van der Waals surface area (Å²) < 4.78 is 0. The fourth-order valence-electron chi connectivity index (χ4n) is 2.20. The topological polar surface area (TPSA) is 15.3 Å². The number of hydrogen-bond acceptors (Lipinski definition) is 2. The Hall–Kier alpha value is -0.0800. The lowest BCUT2D eigenvalue weighted by Crippen LogP contribution is -2.54. The van der Waals surface area contributed by atoms with E-state index in [4.69, 9.17) is 0 Å². The van der Waals surface area contributed by atoms with Crippen LogP contribution in [-0.4, -0.2) is 36.6 Å². The molecular formula is C8H16N2. The lowest BCUT2D eigenvalue weighted by Gasteiger charge is -2.36. The first-order chi connectivity index (χ1) is 4.77. The van der Waals surface area contributed by atoms with Crippen molar-refractivity contribution in [2.75, 3.05) is 13.6 Å². The molecule has 58 valence electrons. The van der Waals surface area contributed by atoms with Gasteiger partial charge in [0.1, 0.15) is 0 Å². The predicted octanol–water partition coefficient (Wildman–Crippen LogP) is 0.441. The lowest BCUT2D eigenvalue weighted by atomic mass is 10.1. The van der Waals surface area contributed by atoms with Crippen LogP contribution < -0.4 is 5.32 Å². The van der Waals surface area contributed by atoms with Gasteiger partial charge in [-0.2, -0.15) is 0 Å². The van der Waals surface area contributed by atoms with Crippen molar-refractivity contribution in [2.24, 2.45) is 0 Å². The number of piperazine rings is 1. The summed E-state index contributed by atoms with van der Waals surface area (Å²) in [7, 11) is 2.23. The number of nitrogens with one attached hydrogen (secondary N) is 1. The number of fused-ring (bicyclic) bond motifs is 2. The second kappa shape index (κ2) is 2.21. The summed E-state index contributed by atoms with van der Waals surface area (Å²) in [5.41, 5.74) is 0. The zero-order valence-electron chi connectivity index (χ0n) is 6.80. The van der Waals surface area contributed by atoms with Gasteiger partial charge in [-0.1, -0.05) is 0 Å². The van der Waals surface area contributed by atoms with Gasteiger partial charge in [-0.25, -0.2) is 0 Å². The first kappa shape index (κ1) is 6.62. The van der Waals surface area contributed by atoms with Crippen molar-refractivity contribution < 1.29 is 0 Å². The maximum atomic E-state index is 3.63. The van der Waals surface area contributed by atoms with Gasteiger partial charge in [0.05, 0.1) is 0 Å². The van der Waals surface area contributed by atoms with E-state index in [2.05, 4.69) is 24.2 Å². The van der Waals surface area contributed by atoms with Crippen molar-refractivity contribution >= 4 is 0 Å². The van der Waals surface area contributed by atoms with E-state index in [1.54, 1.807) is 0 Å². The van der Waals surface area contributed by atoms with Crippen molar-refractivity contribution in [1.29, 1.82) is 0 Å². The molecule has 2 fully saturated rings. The summed E-state index contributed by atoms with van der Waals surface area (Å²) in [6.07, 6.45) is 2.77. The molecule has 0 saturated carbocycles. The van der Waals surface area contributed by atoms with Gasteiger partial charge in [-0.05, 0) is 26.8 Å². The van der Waals surface area contributed by atoms with Gasteiger partial charge in [0.25, 0.3) is 0 Å². The first-order valence-corrected chi connectivity index (χ1v) is 4.23. The minimum atomic E-state index is 0.749. The van der Waals surface area contributed by atoms with Crippen molar-refractivity contribution in [3.8, 4) is 0 Å². The molecule has 2 bridgehead atoms. The highest BCUT2D eigenvalue weighted by molar-refractivity contribution is 4.96. The van der Waals surface area contributed by atoms with Crippen LogP contribution in [0.25, 0.3) is 0 Å². The highest BCUT2D eigenvalue weighted by atomic mass is 15.2. The van der Waals surface area contributed by atoms with E-state index in [0.29, 0.717) is 0 Å². The normalized spacial score (nSPS) is 48.0. The Morgan fingerprint density at radius 1 is 1.40 bits per heavy atom. The van der Waals surface area contributed by atoms with E-state index >= 15 is 0 Å². The van der Waals surface area contributed by atoms with Gasteiger partial charge < -0.3 is 10.2 Å². The van der Waals surface area contributed by atoms with Crippen LogP contribution in [0.2, 0.25) is 0 Å². The molecule has 0 aromatic rings. The average Bonchev–Trinajstić information content (AvgIpc) is 2.29. The Kier molecular flexibility index (Phi) is 1.46. The van der Waals surface area contributed by atoms with Gasteiger partial charge >= 0.3 is 0 Å². The fraction of sp³-hybridized carbons (Fsp3) is 1.00. The van der Waals surface area contributed by atoms with E-state index in [0.717, 1.165) is 18.1 Å².